The number of hydrogen-bond donors (Lipinski definition) is 0. The predicted molar refractivity (Wildman–Crippen MR) is 63.2 cm³/mol. The van der Waals surface area contributed by atoms with Crippen molar-refractivity contribution in [3.8, 4) is 0 Å². The van der Waals surface area contributed by atoms with E-state index in [1.807, 2.05) is 24.5 Å². The molecule has 2 rings (SSSR count). The predicted octanol–water partition coefficient (Wildman–Crippen LogP) is 1.68. The third-order valence-corrected chi connectivity index (χ3v) is 3.35. The number of rotatable bonds is 4. The summed E-state index contributed by atoms with van der Waals surface area (Å²) in [5, 5.41) is 0. The molecule has 0 aromatic carbocycles. The minimum atomic E-state index is 0.417. The lowest BCUT2D eigenvalue weighted by Gasteiger charge is -2.23. The number of hydrogen-bond acceptors (Lipinski definition) is 3. The number of carbonyl (C=O) groups excluding carboxylic acids is 1. The summed E-state index contributed by atoms with van der Waals surface area (Å²) in [6.07, 6.45) is 7.23. The summed E-state index contributed by atoms with van der Waals surface area (Å²) < 4.78 is 0. The Morgan fingerprint density at radius 2 is 2.19 bits per heavy atom. The van der Waals surface area contributed by atoms with Gasteiger partial charge in [-0.25, -0.2) is 0 Å². The van der Waals surface area contributed by atoms with Gasteiger partial charge in [-0.15, -0.1) is 0 Å². The largest absolute Gasteiger partial charge is 0.303 e. The summed E-state index contributed by atoms with van der Waals surface area (Å²) in [4.78, 5) is 17.5. The maximum absolute atomic E-state index is 11.2. The zero-order chi connectivity index (χ0) is 11.4. The normalized spacial score (nSPS) is 20.6. The Balaban J connectivity index is 1.80. The second-order valence-corrected chi connectivity index (χ2v) is 4.52. The van der Waals surface area contributed by atoms with Crippen LogP contribution in [0.5, 0.6) is 0 Å². The van der Waals surface area contributed by atoms with Gasteiger partial charge in [-0.1, -0.05) is 0 Å². The van der Waals surface area contributed by atoms with E-state index in [1.54, 1.807) is 0 Å². The first-order valence-corrected chi connectivity index (χ1v) is 5.86. The molecule has 0 amide bonds. The van der Waals surface area contributed by atoms with E-state index in [1.165, 1.54) is 5.56 Å². The molecule has 1 saturated carbocycles. The minimum absolute atomic E-state index is 0.417. The summed E-state index contributed by atoms with van der Waals surface area (Å²) in [7, 11) is 2.12. The number of Topliss-reactive ketones (excluding diaryl/α,β-unsaturated/α-hetero) is 1. The molecule has 0 N–H and O–H groups in total. The molecule has 1 aromatic heterocycles. The highest BCUT2D eigenvalue weighted by Gasteiger charge is 2.24. The van der Waals surface area contributed by atoms with E-state index in [4.69, 9.17) is 0 Å². The molecule has 1 aliphatic carbocycles. The van der Waals surface area contributed by atoms with Crippen LogP contribution in [-0.4, -0.2) is 35.3 Å². The first-order valence-electron chi connectivity index (χ1n) is 5.86. The van der Waals surface area contributed by atoms with Crippen molar-refractivity contribution in [2.75, 3.05) is 13.6 Å². The molecule has 1 unspecified atom stereocenters. The van der Waals surface area contributed by atoms with Crippen LogP contribution in [0.2, 0.25) is 0 Å². The van der Waals surface area contributed by atoms with Crippen molar-refractivity contribution in [2.24, 2.45) is 0 Å². The molecule has 0 saturated heterocycles. The molecule has 0 aliphatic heterocycles. The van der Waals surface area contributed by atoms with E-state index < -0.39 is 0 Å². The van der Waals surface area contributed by atoms with Crippen molar-refractivity contribution >= 4 is 5.78 Å². The lowest BCUT2D eigenvalue weighted by Crippen LogP contribution is -2.31. The van der Waals surface area contributed by atoms with Crippen molar-refractivity contribution < 1.29 is 4.79 Å². The van der Waals surface area contributed by atoms with E-state index in [0.717, 1.165) is 32.2 Å². The first-order chi connectivity index (χ1) is 7.75. The van der Waals surface area contributed by atoms with Gasteiger partial charge in [0.2, 0.25) is 0 Å². The quantitative estimate of drug-likeness (QED) is 0.771. The van der Waals surface area contributed by atoms with Gasteiger partial charge in [-0.3, -0.25) is 9.78 Å². The van der Waals surface area contributed by atoms with Crippen LogP contribution in [0.15, 0.2) is 24.5 Å². The fraction of sp³-hybridized carbons (Fsp3) is 0.538. The van der Waals surface area contributed by atoms with Crippen LogP contribution in [0, 0.1) is 0 Å². The molecule has 86 valence electrons. The number of pyridine rings is 1. The molecule has 16 heavy (non-hydrogen) atoms. The standard InChI is InChI=1S/C13H18N2O/c1-15(12-2-3-13(16)10-12)9-6-11-4-7-14-8-5-11/h4-5,7-8,12H,2-3,6,9-10H2,1H3. The van der Waals surface area contributed by atoms with Gasteiger partial charge in [0.25, 0.3) is 0 Å². The van der Waals surface area contributed by atoms with Crippen molar-refractivity contribution in [3.63, 3.8) is 0 Å². The number of likely N-dealkylation sites (N-methyl/N-ethyl adjacent to an activating group) is 1. The van der Waals surface area contributed by atoms with E-state index in [-0.39, 0.29) is 0 Å². The SMILES string of the molecule is CN(CCc1ccncc1)C1CCC(=O)C1. The maximum atomic E-state index is 11.2. The van der Waals surface area contributed by atoms with Gasteiger partial charge < -0.3 is 4.90 Å². The smallest absolute Gasteiger partial charge is 0.134 e. The second kappa shape index (κ2) is 5.21. The van der Waals surface area contributed by atoms with Gasteiger partial charge in [0.15, 0.2) is 0 Å². The van der Waals surface area contributed by atoms with Gasteiger partial charge in [0.1, 0.15) is 5.78 Å². The number of nitrogens with zero attached hydrogens (tertiary/aromatic N) is 2. The Labute approximate surface area is 96.5 Å². The highest BCUT2D eigenvalue weighted by molar-refractivity contribution is 5.81. The van der Waals surface area contributed by atoms with Gasteiger partial charge in [-0.2, -0.15) is 0 Å². The van der Waals surface area contributed by atoms with E-state index in [2.05, 4.69) is 16.9 Å². The van der Waals surface area contributed by atoms with Crippen LogP contribution in [0.3, 0.4) is 0 Å². The van der Waals surface area contributed by atoms with Gasteiger partial charge in [0, 0.05) is 37.8 Å². The number of carbonyl (C=O) groups is 1. The molecule has 3 heteroatoms. The van der Waals surface area contributed by atoms with E-state index >= 15 is 0 Å². The number of aromatic nitrogens is 1. The summed E-state index contributed by atoms with van der Waals surface area (Å²) >= 11 is 0. The number of ketones is 1. The Morgan fingerprint density at radius 3 is 2.81 bits per heavy atom. The molecule has 1 fully saturated rings. The van der Waals surface area contributed by atoms with Gasteiger partial charge in [0.05, 0.1) is 0 Å². The minimum Gasteiger partial charge on any atom is -0.303 e. The fourth-order valence-corrected chi connectivity index (χ4v) is 2.21. The summed E-state index contributed by atoms with van der Waals surface area (Å²) in [6.45, 7) is 1.02. The monoisotopic (exact) mass is 218 g/mol. The van der Waals surface area contributed by atoms with Crippen molar-refractivity contribution in [1.29, 1.82) is 0 Å². The molecule has 1 heterocycles. The van der Waals surface area contributed by atoms with E-state index in [0.29, 0.717) is 11.8 Å². The maximum Gasteiger partial charge on any atom is 0.134 e. The van der Waals surface area contributed by atoms with E-state index in [9.17, 15) is 4.79 Å². The second-order valence-electron chi connectivity index (χ2n) is 4.52. The lowest BCUT2D eigenvalue weighted by molar-refractivity contribution is -0.117. The zero-order valence-electron chi connectivity index (χ0n) is 9.72. The highest BCUT2D eigenvalue weighted by atomic mass is 16.1. The lowest BCUT2D eigenvalue weighted by atomic mass is 10.1. The Bertz CT molecular complexity index is 350. The average molecular weight is 218 g/mol. The fourth-order valence-electron chi connectivity index (χ4n) is 2.21. The molecule has 0 bridgehead atoms. The Kier molecular flexibility index (Phi) is 3.67. The summed E-state index contributed by atoms with van der Waals surface area (Å²) in [5.74, 6) is 0.417. The van der Waals surface area contributed by atoms with Gasteiger partial charge in [-0.05, 0) is 37.6 Å². The average Bonchev–Trinajstić information content (AvgIpc) is 2.74. The summed E-state index contributed by atoms with van der Waals surface area (Å²) in [5.41, 5.74) is 1.31. The van der Waals surface area contributed by atoms with Crippen LogP contribution >= 0.6 is 0 Å². The molecular weight excluding hydrogens is 200 g/mol. The highest BCUT2D eigenvalue weighted by Crippen LogP contribution is 2.19. The molecule has 3 nitrogen and oxygen atoms in total. The topological polar surface area (TPSA) is 33.2 Å². The molecule has 1 aromatic rings. The van der Waals surface area contributed by atoms with Crippen LogP contribution in [0.1, 0.15) is 24.8 Å². The third-order valence-electron chi connectivity index (χ3n) is 3.35. The van der Waals surface area contributed by atoms with Crippen molar-refractivity contribution in [3.05, 3.63) is 30.1 Å². The molecule has 1 aliphatic rings. The molecule has 1 atom stereocenters. The first kappa shape index (κ1) is 11.3. The van der Waals surface area contributed by atoms with Crippen LogP contribution in [0.25, 0.3) is 0 Å². The molecular formula is C13H18N2O. The Morgan fingerprint density at radius 1 is 1.44 bits per heavy atom. The summed E-state index contributed by atoms with van der Waals surface area (Å²) in [6, 6.07) is 4.57. The van der Waals surface area contributed by atoms with Crippen molar-refractivity contribution in [2.45, 2.75) is 31.7 Å². The van der Waals surface area contributed by atoms with Gasteiger partial charge >= 0.3 is 0 Å². The van der Waals surface area contributed by atoms with Crippen LogP contribution in [0.4, 0.5) is 0 Å². The third kappa shape index (κ3) is 2.89. The van der Waals surface area contributed by atoms with Crippen molar-refractivity contribution in [1.82, 2.24) is 9.88 Å². The van der Waals surface area contributed by atoms with Crippen LogP contribution < -0.4 is 0 Å². The Hall–Kier alpha value is -1.22. The zero-order valence-corrected chi connectivity index (χ0v) is 9.72. The molecule has 0 radical (unpaired) electrons. The molecule has 0 spiro atoms. The van der Waals surface area contributed by atoms with Crippen LogP contribution in [-0.2, 0) is 11.2 Å².